The van der Waals surface area contributed by atoms with Crippen LogP contribution in [0.2, 0.25) is 0 Å². The Bertz CT molecular complexity index is 724. The van der Waals surface area contributed by atoms with Crippen molar-refractivity contribution in [2.75, 3.05) is 24.3 Å². The predicted octanol–water partition coefficient (Wildman–Crippen LogP) is 2.90. The summed E-state index contributed by atoms with van der Waals surface area (Å²) in [5, 5.41) is 3.20. The number of hydrogen-bond donors (Lipinski definition) is 2. The topological polar surface area (TPSA) is 82.3 Å². The molecule has 0 radical (unpaired) electrons. The standard InChI is InChI=1S/C17H20N4O2/c1-17(22-7-8-23-17)12-3-2-4-13(9-12)20-16-19-10-14(11-5-6-11)15(18)21-16/h2-4,9-11H,5-8H2,1H3,(H3,18,19,20,21). The number of nitrogens with one attached hydrogen (secondary N) is 1. The van der Waals surface area contributed by atoms with Crippen molar-refractivity contribution < 1.29 is 9.47 Å². The number of nitrogens with zero attached hydrogens (tertiary/aromatic N) is 2. The van der Waals surface area contributed by atoms with Gasteiger partial charge in [0.05, 0.1) is 13.2 Å². The summed E-state index contributed by atoms with van der Waals surface area (Å²) in [5.74, 6) is 0.926. The molecule has 6 heteroatoms. The lowest BCUT2D eigenvalue weighted by atomic mass is 10.1. The largest absolute Gasteiger partial charge is 0.383 e. The van der Waals surface area contributed by atoms with Crippen LogP contribution in [-0.2, 0) is 15.3 Å². The number of hydrogen-bond acceptors (Lipinski definition) is 6. The SMILES string of the molecule is CC1(c2cccc(Nc3ncc(C4CC4)c(N)n3)c2)OCCO1. The number of aromatic nitrogens is 2. The molecule has 1 aromatic carbocycles. The van der Waals surface area contributed by atoms with Crippen LogP contribution in [0, 0.1) is 0 Å². The molecule has 1 aromatic heterocycles. The molecule has 2 aliphatic rings. The van der Waals surface area contributed by atoms with Crippen LogP contribution in [0.25, 0.3) is 0 Å². The summed E-state index contributed by atoms with van der Waals surface area (Å²) < 4.78 is 11.4. The highest BCUT2D eigenvalue weighted by Gasteiger charge is 2.33. The van der Waals surface area contributed by atoms with Gasteiger partial charge >= 0.3 is 0 Å². The second-order valence-electron chi connectivity index (χ2n) is 6.16. The van der Waals surface area contributed by atoms with Gasteiger partial charge in [-0.3, -0.25) is 0 Å². The lowest BCUT2D eigenvalue weighted by Gasteiger charge is -2.23. The summed E-state index contributed by atoms with van der Waals surface area (Å²) in [6.07, 6.45) is 4.19. The third-order valence-corrected chi connectivity index (χ3v) is 4.35. The van der Waals surface area contributed by atoms with Crippen molar-refractivity contribution in [3.8, 4) is 0 Å². The number of anilines is 3. The summed E-state index contributed by atoms with van der Waals surface area (Å²) >= 11 is 0. The fraction of sp³-hybridized carbons (Fsp3) is 0.412. The van der Waals surface area contributed by atoms with Crippen LogP contribution in [-0.4, -0.2) is 23.2 Å². The van der Waals surface area contributed by atoms with E-state index in [0.717, 1.165) is 16.8 Å². The van der Waals surface area contributed by atoms with Crippen LogP contribution in [0.3, 0.4) is 0 Å². The molecule has 4 rings (SSSR count). The van der Waals surface area contributed by atoms with Crippen molar-refractivity contribution in [2.24, 2.45) is 0 Å². The Balaban J connectivity index is 1.55. The molecule has 0 amide bonds. The summed E-state index contributed by atoms with van der Waals surface area (Å²) in [7, 11) is 0. The average Bonchev–Trinajstić information content (AvgIpc) is 3.28. The van der Waals surface area contributed by atoms with E-state index >= 15 is 0 Å². The van der Waals surface area contributed by atoms with E-state index in [0.29, 0.717) is 30.9 Å². The molecule has 2 aromatic rings. The minimum atomic E-state index is -0.687. The predicted molar refractivity (Wildman–Crippen MR) is 87.4 cm³/mol. The quantitative estimate of drug-likeness (QED) is 0.903. The van der Waals surface area contributed by atoms with Crippen LogP contribution < -0.4 is 11.1 Å². The Kier molecular flexibility index (Phi) is 3.43. The number of ether oxygens (including phenoxy) is 2. The van der Waals surface area contributed by atoms with Gasteiger partial charge in [-0.1, -0.05) is 12.1 Å². The molecule has 23 heavy (non-hydrogen) atoms. The monoisotopic (exact) mass is 312 g/mol. The third-order valence-electron chi connectivity index (χ3n) is 4.35. The maximum Gasteiger partial charge on any atom is 0.229 e. The molecule has 1 aliphatic carbocycles. The zero-order valence-electron chi connectivity index (χ0n) is 13.1. The highest BCUT2D eigenvalue weighted by atomic mass is 16.7. The van der Waals surface area contributed by atoms with Crippen LogP contribution in [0.4, 0.5) is 17.5 Å². The first-order valence-electron chi connectivity index (χ1n) is 7.92. The Labute approximate surface area is 135 Å². The van der Waals surface area contributed by atoms with Gasteiger partial charge in [-0.05, 0) is 37.8 Å². The molecule has 1 saturated heterocycles. The Morgan fingerprint density at radius 1 is 1.26 bits per heavy atom. The van der Waals surface area contributed by atoms with Crippen LogP contribution in [0.1, 0.15) is 36.8 Å². The normalized spacial score (nSPS) is 19.7. The molecule has 2 heterocycles. The van der Waals surface area contributed by atoms with Crippen LogP contribution >= 0.6 is 0 Å². The number of benzene rings is 1. The fourth-order valence-electron chi connectivity index (χ4n) is 2.86. The lowest BCUT2D eigenvalue weighted by molar-refractivity contribution is -0.149. The Morgan fingerprint density at radius 2 is 2.04 bits per heavy atom. The van der Waals surface area contributed by atoms with E-state index in [1.165, 1.54) is 12.8 Å². The van der Waals surface area contributed by atoms with Gasteiger partial charge < -0.3 is 20.5 Å². The van der Waals surface area contributed by atoms with Gasteiger partial charge in [-0.25, -0.2) is 4.98 Å². The molecular formula is C17H20N4O2. The smallest absolute Gasteiger partial charge is 0.229 e. The van der Waals surface area contributed by atoms with Crippen molar-refractivity contribution in [3.05, 3.63) is 41.6 Å². The first-order chi connectivity index (χ1) is 11.1. The highest BCUT2D eigenvalue weighted by Crippen LogP contribution is 2.42. The molecule has 120 valence electrons. The van der Waals surface area contributed by atoms with Crippen molar-refractivity contribution >= 4 is 17.5 Å². The van der Waals surface area contributed by atoms with E-state index in [4.69, 9.17) is 15.2 Å². The van der Waals surface area contributed by atoms with Gasteiger partial charge in [-0.15, -0.1) is 0 Å². The zero-order valence-corrected chi connectivity index (χ0v) is 13.1. The van der Waals surface area contributed by atoms with Gasteiger partial charge in [0.1, 0.15) is 5.82 Å². The molecule has 0 unspecified atom stereocenters. The Morgan fingerprint density at radius 3 is 2.74 bits per heavy atom. The van der Waals surface area contributed by atoms with Crippen molar-refractivity contribution in [1.82, 2.24) is 9.97 Å². The van der Waals surface area contributed by atoms with Gasteiger partial charge in [0.2, 0.25) is 5.95 Å². The first-order valence-corrected chi connectivity index (χ1v) is 7.92. The zero-order chi connectivity index (χ0) is 15.9. The number of rotatable bonds is 4. The second-order valence-corrected chi connectivity index (χ2v) is 6.16. The third kappa shape index (κ3) is 2.87. The number of nitrogens with two attached hydrogens (primary N) is 1. The fourth-order valence-corrected chi connectivity index (χ4v) is 2.86. The minimum absolute atomic E-state index is 0.502. The number of nitrogen functional groups attached to an aromatic ring is 1. The van der Waals surface area contributed by atoms with E-state index in [9.17, 15) is 0 Å². The van der Waals surface area contributed by atoms with Crippen LogP contribution in [0.5, 0.6) is 0 Å². The van der Waals surface area contributed by atoms with E-state index < -0.39 is 5.79 Å². The van der Waals surface area contributed by atoms with E-state index in [2.05, 4.69) is 15.3 Å². The maximum absolute atomic E-state index is 6.04. The first kappa shape index (κ1) is 14.4. The van der Waals surface area contributed by atoms with Gasteiger partial charge in [0.15, 0.2) is 5.79 Å². The van der Waals surface area contributed by atoms with Gasteiger partial charge in [0.25, 0.3) is 0 Å². The van der Waals surface area contributed by atoms with E-state index in [1.54, 1.807) is 0 Å². The van der Waals surface area contributed by atoms with Gasteiger partial charge in [0, 0.05) is 23.0 Å². The molecule has 0 spiro atoms. The van der Waals surface area contributed by atoms with Crippen LogP contribution in [0.15, 0.2) is 30.5 Å². The maximum atomic E-state index is 6.04. The molecule has 6 nitrogen and oxygen atoms in total. The van der Waals surface area contributed by atoms with Crippen molar-refractivity contribution in [3.63, 3.8) is 0 Å². The average molecular weight is 312 g/mol. The van der Waals surface area contributed by atoms with Gasteiger partial charge in [-0.2, -0.15) is 4.98 Å². The Hall–Kier alpha value is -2.18. The summed E-state index contributed by atoms with van der Waals surface area (Å²) in [5.41, 5.74) is 8.93. The molecular weight excluding hydrogens is 292 g/mol. The molecule has 3 N–H and O–H groups in total. The van der Waals surface area contributed by atoms with Crippen molar-refractivity contribution in [2.45, 2.75) is 31.5 Å². The van der Waals surface area contributed by atoms with E-state index in [-0.39, 0.29) is 0 Å². The molecule has 1 aliphatic heterocycles. The minimum Gasteiger partial charge on any atom is -0.383 e. The summed E-state index contributed by atoms with van der Waals surface area (Å²) in [4.78, 5) is 8.74. The lowest BCUT2D eigenvalue weighted by Crippen LogP contribution is -2.22. The summed E-state index contributed by atoms with van der Waals surface area (Å²) in [6, 6.07) is 7.88. The highest BCUT2D eigenvalue weighted by molar-refractivity contribution is 5.57. The molecule has 1 saturated carbocycles. The summed E-state index contributed by atoms with van der Waals surface area (Å²) in [6.45, 7) is 3.14. The molecule has 0 bridgehead atoms. The molecule has 0 atom stereocenters. The van der Waals surface area contributed by atoms with Crippen molar-refractivity contribution in [1.29, 1.82) is 0 Å². The van der Waals surface area contributed by atoms with E-state index in [1.807, 2.05) is 37.4 Å². The second kappa shape index (κ2) is 5.47. The molecule has 2 fully saturated rings.